The largest absolute Gasteiger partial charge is 0.436 e. The molecule has 36 heavy (non-hydrogen) atoms. The van der Waals surface area contributed by atoms with E-state index < -0.39 is 45.0 Å². The predicted molar refractivity (Wildman–Crippen MR) is 122 cm³/mol. The molecule has 13 nitrogen and oxygen atoms in total. The van der Waals surface area contributed by atoms with E-state index in [2.05, 4.69) is 9.97 Å². The van der Waals surface area contributed by atoms with E-state index >= 15 is 0 Å². The van der Waals surface area contributed by atoms with Crippen LogP contribution in [0, 0.1) is 0 Å². The summed E-state index contributed by atoms with van der Waals surface area (Å²) in [6.07, 6.45) is 0. The van der Waals surface area contributed by atoms with Crippen LogP contribution < -0.4 is 0 Å². The summed E-state index contributed by atoms with van der Waals surface area (Å²) in [5.74, 6) is -0.100. The molecule has 3 N–H and O–H groups in total. The summed E-state index contributed by atoms with van der Waals surface area (Å²) < 4.78 is 109. The number of nitrogens with zero attached hydrogens (tertiary/aromatic N) is 2. The number of aromatic nitrogens is 2. The van der Waals surface area contributed by atoms with Gasteiger partial charge in [-0.1, -0.05) is 6.07 Å². The van der Waals surface area contributed by atoms with Crippen molar-refractivity contribution in [2.75, 3.05) is 0 Å². The van der Waals surface area contributed by atoms with Crippen molar-refractivity contribution in [3.05, 3.63) is 54.6 Å². The molecule has 2 heterocycles. The first-order valence-corrected chi connectivity index (χ1v) is 13.9. The fraction of sp³-hybridized carbons (Fsp3) is 0. The van der Waals surface area contributed by atoms with Crippen molar-refractivity contribution >= 4 is 52.6 Å². The minimum atomic E-state index is -4.93. The van der Waals surface area contributed by atoms with Gasteiger partial charge in [-0.25, -0.2) is 9.97 Å². The maximum atomic E-state index is 11.8. The normalized spacial score (nSPS) is 13.0. The SMILES string of the molecule is O=S(=O)(O)c1cc(S(=O)(=O)O)c2nc(-c3ccc(-c4nc5c(S(=O)(=O)O)cccc5o4)cc3)oc2c1. The molecular weight excluding hydrogens is 540 g/mol. The number of hydrogen-bond donors (Lipinski definition) is 3. The Bertz CT molecular complexity index is 2010. The highest BCUT2D eigenvalue weighted by Gasteiger charge is 2.25. The molecule has 0 aliphatic heterocycles. The van der Waals surface area contributed by atoms with Crippen LogP contribution in [0.5, 0.6) is 0 Å². The molecule has 0 saturated carbocycles. The molecule has 0 fully saturated rings. The number of rotatable bonds is 5. The Hall–Kier alpha value is -3.67. The lowest BCUT2D eigenvalue weighted by atomic mass is 10.1. The first-order valence-electron chi connectivity index (χ1n) is 9.59. The van der Waals surface area contributed by atoms with Gasteiger partial charge in [-0.3, -0.25) is 13.7 Å². The molecule has 0 unspecified atom stereocenters. The molecule has 2 aromatic heterocycles. The summed E-state index contributed by atoms with van der Waals surface area (Å²) in [5, 5.41) is 0. The minimum Gasteiger partial charge on any atom is -0.436 e. The van der Waals surface area contributed by atoms with Crippen molar-refractivity contribution in [1.29, 1.82) is 0 Å². The van der Waals surface area contributed by atoms with Gasteiger partial charge in [-0.2, -0.15) is 25.3 Å². The Morgan fingerprint density at radius 2 is 1.08 bits per heavy atom. The first-order chi connectivity index (χ1) is 16.7. The fourth-order valence-corrected chi connectivity index (χ4v) is 5.36. The van der Waals surface area contributed by atoms with E-state index in [4.69, 9.17) is 8.83 Å². The maximum absolute atomic E-state index is 11.8. The molecule has 16 heteroatoms. The smallest absolute Gasteiger partial charge is 0.296 e. The van der Waals surface area contributed by atoms with E-state index in [0.717, 1.165) is 6.07 Å². The highest BCUT2D eigenvalue weighted by Crippen LogP contribution is 2.33. The van der Waals surface area contributed by atoms with Crippen LogP contribution in [0.4, 0.5) is 0 Å². The lowest BCUT2D eigenvalue weighted by molar-refractivity contribution is 0.479. The summed E-state index contributed by atoms with van der Waals surface area (Å²) in [6.45, 7) is 0. The van der Waals surface area contributed by atoms with Crippen LogP contribution >= 0.6 is 0 Å². The highest BCUT2D eigenvalue weighted by atomic mass is 32.2. The standard InChI is InChI=1S/C20H12N2O11S3/c23-34(24,25)12-8-14-18(16(9-12)36(29,30)31)22-20(33-14)11-6-4-10(5-7-11)19-21-17-13(32-19)2-1-3-15(17)35(26,27)28/h1-9H,(H,23,24,25)(H,26,27,28)(H,29,30,31). The molecule has 3 aromatic carbocycles. The average Bonchev–Trinajstić information content (AvgIpc) is 3.40. The maximum Gasteiger partial charge on any atom is 0.296 e. The Kier molecular flexibility index (Phi) is 5.29. The van der Waals surface area contributed by atoms with Crippen LogP contribution in [0.15, 0.2) is 78.1 Å². The Morgan fingerprint density at radius 3 is 1.58 bits per heavy atom. The Morgan fingerprint density at radius 1 is 0.583 bits per heavy atom. The lowest BCUT2D eigenvalue weighted by Crippen LogP contribution is -2.04. The van der Waals surface area contributed by atoms with Gasteiger partial charge in [0.1, 0.15) is 20.8 Å². The third-order valence-corrected chi connectivity index (χ3v) is 7.63. The molecule has 5 aromatic rings. The van der Waals surface area contributed by atoms with Crippen molar-refractivity contribution in [3.63, 3.8) is 0 Å². The molecule has 0 amide bonds. The summed E-state index contributed by atoms with van der Waals surface area (Å²) in [6, 6.07) is 11.4. The zero-order valence-electron chi connectivity index (χ0n) is 17.4. The zero-order valence-corrected chi connectivity index (χ0v) is 19.9. The second kappa shape index (κ2) is 7.92. The molecule has 186 valence electrons. The molecule has 0 saturated heterocycles. The second-order valence-corrected chi connectivity index (χ2v) is 11.6. The van der Waals surface area contributed by atoms with Gasteiger partial charge in [0.25, 0.3) is 30.4 Å². The third kappa shape index (κ3) is 4.25. The van der Waals surface area contributed by atoms with Crippen molar-refractivity contribution in [3.8, 4) is 22.9 Å². The van der Waals surface area contributed by atoms with Gasteiger partial charge in [0.2, 0.25) is 11.8 Å². The molecular formula is C20H12N2O11S3. The van der Waals surface area contributed by atoms with E-state index in [1.165, 1.54) is 42.5 Å². The molecule has 0 radical (unpaired) electrons. The average molecular weight is 553 g/mol. The van der Waals surface area contributed by atoms with Crippen LogP contribution in [0.2, 0.25) is 0 Å². The fourth-order valence-electron chi connectivity index (χ4n) is 3.45. The van der Waals surface area contributed by atoms with Crippen molar-refractivity contribution in [2.24, 2.45) is 0 Å². The van der Waals surface area contributed by atoms with E-state index in [0.29, 0.717) is 17.2 Å². The van der Waals surface area contributed by atoms with Crippen molar-refractivity contribution in [2.45, 2.75) is 14.7 Å². The van der Waals surface area contributed by atoms with Crippen molar-refractivity contribution < 1.29 is 47.7 Å². The zero-order chi connectivity index (χ0) is 26.0. The number of fused-ring (bicyclic) bond motifs is 2. The lowest BCUT2D eigenvalue weighted by Gasteiger charge is -2.01. The highest BCUT2D eigenvalue weighted by molar-refractivity contribution is 7.87. The molecule has 5 rings (SSSR count). The monoisotopic (exact) mass is 552 g/mol. The Labute approximate surface area is 202 Å². The van der Waals surface area contributed by atoms with Crippen LogP contribution in [0.3, 0.4) is 0 Å². The van der Waals surface area contributed by atoms with Gasteiger partial charge in [0.15, 0.2) is 11.2 Å². The van der Waals surface area contributed by atoms with Crippen LogP contribution in [-0.2, 0) is 30.4 Å². The van der Waals surface area contributed by atoms with E-state index in [1.54, 1.807) is 0 Å². The first kappa shape index (κ1) is 24.0. The van der Waals surface area contributed by atoms with Gasteiger partial charge in [0.05, 0.1) is 4.90 Å². The van der Waals surface area contributed by atoms with Crippen LogP contribution in [-0.4, -0.2) is 48.9 Å². The topological polar surface area (TPSA) is 215 Å². The van der Waals surface area contributed by atoms with Crippen LogP contribution in [0.25, 0.3) is 45.1 Å². The molecule has 0 spiro atoms. The van der Waals surface area contributed by atoms with Gasteiger partial charge in [-0.15, -0.1) is 0 Å². The number of oxazole rings is 2. The van der Waals surface area contributed by atoms with E-state index in [1.807, 2.05) is 0 Å². The summed E-state index contributed by atoms with van der Waals surface area (Å²) in [5.41, 5.74) is 0.0779. The van der Waals surface area contributed by atoms with Crippen molar-refractivity contribution in [1.82, 2.24) is 9.97 Å². The number of benzene rings is 3. The molecule has 0 bridgehead atoms. The third-order valence-electron chi connectivity index (χ3n) is 5.05. The summed E-state index contributed by atoms with van der Waals surface area (Å²) in [4.78, 5) is 6.06. The summed E-state index contributed by atoms with van der Waals surface area (Å²) >= 11 is 0. The van der Waals surface area contributed by atoms with Gasteiger partial charge in [-0.05, 0) is 42.5 Å². The minimum absolute atomic E-state index is 0.0386. The number of hydrogen-bond acceptors (Lipinski definition) is 10. The van der Waals surface area contributed by atoms with E-state index in [-0.39, 0.29) is 34.0 Å². The Balaban J connectivity index is 1.59. The van der Waals surface area contributed by atoms with Gasteiger partial charge in [0, 0.05) is 17.2 Å². The van der Waals surface area contributed by atoms with Gasteiger partial charge >= 0.3 is 0 Å². The van der Waals surface area contributed by atoms with Gasteiger partial charge < -0.3 is 8.83 Å². The second-order valence-electron chi connectivity index (χ2n) is 7.41. The predicted octanol–water partition coefficient (Wildman–Crippen LogP) is 3.04. The molecule has 0 aliphatic rings. The van der Waals surface area contributed by atoms with Crippen LogP contribution in [0.1, 0.15) is 0 Å². The molecule has 0 atom stereocenters. The molecule has 0 aliphatic carbocycles. The summed E-state index contributed by atoms with van der Waals surface area (Å²) in [7, 11) is -14.3. The van der Waals surface area contributed by atoms with E-state index in [9.17, 15) is 38.9 Å². The quantitative estimate of drug-likeness (QED) is 0.268. The number of para-hydroxylation sites is 1.